The molecule has 1 amide bonds. The van der Waals surface area contributed by atoms with Crippen molar-refractivity contribution in [2.45, 2.75) is 12.8 Å². The van der Waals surface area contributed by atoms with Crippen molar-refractivity contribution in [3.63, 3.8) is 0 Å². The highest BCUT2D eigenvalue weighted by atomic mass is 16.5. The first kappa shape index (κ1) is 17.3. The highest BCUT2D eigenvalue weighted by Gasteiger charge is 2.09. The molecular formula is C18H19NO5. The van der Waals surface area contributed by atoms with E-state index >= 15 is 0 Å². The minimum atomic E-state index is -1.00. The van der Waals surface area contributed by atoms with E-state index in [0.717, 1.165) is 5.56 Å². The van der Waals surface area contributed by atoms with Crippen molar-refractivity contribution < 1.29 is 24.2 Å². The van der Waals surface area contributed by atoms with Crippen LogP contribution in [0, 0.1) is 0 Å². The topological polar surface area (TPSA) is 84.9 Å². The number of amides is 1. The van der Waals surface area contributed by atoms with E-state index in [9.17, 15) is 9.59 Å². The number of carbonyl (C=O) groups is 2. The van der Waals surface area contributed by atoms with Gasteiger partial charge in [-0.15, -0.1) is 0 Å². The maximum absolute atomic E-state index is 12.1. The molecule has 6 nitrogen and oxygen atoms in total. The minimum Gasteiger partial charge on any atom is -0.497 e. The zero-order valence-corrected chi connectivity index (χ0v) is 13.5. The van der Waals surface area contributed by atoms with Crippen LogP contribution in [0.2, 0.25) is 0 Å². The van der Waals surface area contributed by atoms with Crippen LogP contribution in [0.4, 0.5) is 5.69 Å². The zero-order valence-electron chi connectivity index (χ0n) is 13.5. The van der Waals surface area contributed by atoms with E-state index in [0.29, 0.717) is 23.6 Å². The molecule has 0 unspecified atom stereocenters. The molecule has 0 fully saturated rings. The molecule has 0 saturated heterocycles. The van der Waals surface area contributed by atoms with E-state index in [2.05, 4.69) is 5.32 Å². The Hall–Kier alpha value is -3.02. The molecule has 24 heavy (non-hydrogen) atoms. The molecule has 2 aromatic carbocycles. The molecule has 0 bridgehead atoms. The highest BCUT2D eigenvalue weighted by molar-refractivity contribution is 5.92. The molecule has 0 spiro atoms. The van der Waals surface area contributed by atoms with Crippen molar-refractivity contribution in [2.24, 2.45) is 0 Å². The minimum absolute atomic E-state index is 0.164. The second-order valence-corrected chi connectivity index (χ2v) is 5.11. The first-order valence-corrected chi connectivity index (χ1v) is 7.37. The van der Waals surface area contributed by atoms with Gasteiger partial charge >= 0.3 is 5.97 Å². The third-order valence-electron chi connectivity index (χ3n) is 3.52. The number of nitrogens with one attached hydrogen (secondary N) is 1. The van der Waals surface area contributed by atoms with Crippen LogP contribution in [0.1, 0.15) is 22.3 Å². The number of benzene rings is 2. The van der Waals surface area contributed by atoms with Gasteiger partial charge in [0.15, 0.2) is 0 Å². The molecule has 0 radical (unpaired) electrons. The maximum atomic E-state index is 12.1. The lowest BCUT2D eigenvalue weighted by molar-refractivity contribution is -0.116. The lowest BCUT2D eigenvalue weighted by atomic mass is 10.1. The van der Waals surface area contributed by atoms with Crippen LogP contribution < -0.4 is 14.8 Å². The van der Waals surface area contributed by atoms with Gasteiger partial charge in [0.05, 0.1) is 19.8 Å². The molecule has 0 heterocycles. The standard InChI is InChI=1S/C18H19NO5/c1-23-15-8-9-16(24-2)13(11-15)5-10-17(20)19-14-6-3-12(4-7-14)18(21)22/h3-4,6-9,11H,5,10H2,1-2H3,(H,19,20)(H,21,22). The Balaban J connectivity index is 1.96. The number of aryl methyl sites for hydroxylation is 1. The summed E-state index contributed by atoms with van der Waals surface area (Å²) in [6.45, 7) is 0. The van der Waals surface area contributed by atoms with E-state index in [-0.39, 0.29) is 17.9 Å². The maximum Gasteiger partial charge on any atom is 0.335 e. The number of anilines is 1. The SMILES string of the molecule is COc1ccc(OC)c(CCC(=O)Nc2ccc(C(=O)O)cc2)c1. The number of carbonyl (C=O) groups excluding carboxylic acids is 1. The van der Waals surface area contributed by atoms with E-state index in [1.54, 1.807) is 38.5 Å². The molecule has 2 rings (SSSR count). The van der Waals surface area contributed by atoms with Crippen molar-refractivity contribution in [1.82, 2.24) is 0 Å². The van der Waals surface area contributed by atoms with Gasteiger partial charge < -0.3 is 19.9 Å². The summed E-state index contributed by atoms with van der Waals surface area (Å²) >= 11 is 0. The summed E-state index contributed by atoms with van der Waals surface area (Å²) in [6, 6.07) is 11.5. The van der Waals surface area contributed by atoms with Gasteiger partial charge in [0.2, 0.25) is 5.91 Å². The Kier molecular flexibility index (Phi) is 5.78. The molecule has 0 saturated carbocycles. The van der Waals surface area contributed by atoms with E-state index in [1.165, 1.54) is 12.1 Å². The van der Waals surface area contributed by atoms with Crippen molar-refractivity contribution in [3.05, 3.63) is 53.6 Å². The van der Waals surface area contributed by atoms with Gasteiger partial charge in [0.25, 0.3) is 0 Å². The Bertz CT molecular complexity index is 725. The summed E-state index contributed by atoms with van der Waals surface area (Å²) in [4.78, 5) is 22.9. The molecule has 0 aromatic heterocycles. The van der Waals surface area contributed by atoms with Gasteiger partial charge in [-0.3, -0.25) is 4.79 Å². The number of rotatable bonds is 7. The van der Waals surface area contributed by atoms with Gasteiger partial charge in [0, 0.05) is 12.1 Å². The molecule has 0 aliphatic rings. The van der Waals surface area contributed by atoms with Gasteiger partial charge in [-0.05, 0) is 54.4 Å². The highest BCUT2D eigenvalue weighted by Crippen LogP contribution is 2.25. The quantitative estimate of drug-likeness (QED) is 0.816. The first-order valence-electron chi connectivity index (χ1n) is 7.37. The third kappa shape index (κ3) is 4.49. The van der Waals surface area contributed by atoms with Gasteiger partial charge in [-0.1, -0.05) is 0 Å². The fraction of sp³-hybridized carbons (Fsp3) is 0.222. The molecule has 126 valence electrons. The first-order chi connectivity index (χ1) is 11.5. The molecule has 6 heteroatoms. The van der Waals surface area contributed by atoms with Crippen molar-refractivity contribution in [3.8, 4) is 11.5 Å². The number of hydrogen-bond donors (Lipinski definition) is 2. The van der Waals surface area contributed by atoms with Gasteiger partial charge in [-0.2, -0.15) is 0 Å². The summed E-state index contributed by atoms with van der Waals surface area (Å²) in [5, 5.41) is 11.6. The normalized spacial score (nSPS) is 10.1. The number of ether oxygens (including phenoxy) is 2. The van der Waals surface area contributed by atoms with E-state index in [4.69, 9.17) is 14.6 Å². The molecule has 0 atom stereocenters. The Morgan fingerprint density at radius 2 is 1.75 bits per heavy atom. The van der Waals surface area contributed by atoms with Crippen LogP contribution in [0.15, 0.2) is 42.5 Å². The number of methoxy groups -OCH3 is 2. The average molecular weight is 329 g/mol. The second-order valence-electron chi connectivity index (χ2n) is 5.11. The van der Waals surface area contributed by atoms with Crippen LogP contribution in [0.25, 0.3) is 0 Å². The number of carboxylic acids is 1. The zero-order chi connectivity index (χ0) is 17.5. The third-order valence-corrected chi connectivity index (χ3v) is 3.52. The average Bonchev–Trinajstić information content (AvgIpc) is 2.60. The van der Waals surface area contributed by atoms with Crippen molar-refractivity contribution in [1.29, 1.82) is 0 Å². The van der Waals surface area contributed by atoms with Crippen LogP contribution in [-0.2, 0) is 11.2 Å². The van der Waals surface area contributed by atoms with Crippen molar-refractivity contribution >= 4 is 17.6 Å². The summed E-state index contributed by atoms with van der Waals surface area (Å²) in [5.74, 6) is 0.242. The molecule has 0 aliphatic heterocycles. The Morgan fingerprint density at radius 3 is 2.33 bits per heavy atom. The number of hydrogen-bond acceptors (Lipinski definition) is 4. The smallest absolute Gasteiger partial charge is 0.335 e. The monoisotopic (exact) mass is 329 g/mol. The summed E-state index contributed by atoms with van der Waals surface area (Å²) < 4.78 is 10.5. The summed E-state index contributed by atoms with van der Waals surface area (Å²) in [6.07, 6.45) is 0.767. The molecule has 0 aliphatic carbocycles. The summed E-state index contributed by atoms with van der Waals surface area (Å²) in [7, 11) is 3.16. The van der Waals surface area contributed by atoms with Crippen molar-refractivity contribution in [2.75, 3.05) is 19.5 Å². The largest absolute Gasteiger partial charge is 0.497 e. The van der Waals surface area contributed by atoms with Gasteiger partial charge in [0.1, 0.15) is 11.5 Å². The fourth-order valence-electron chi connectivity index (χ4n) is 2.25. The summed E-state index contributed by atoms with van der Waals surface area (Å²) in [5.41, 5.74) is 1.62. The number of aromatic carboxylic acids is 1. The van der Waals surface area contributed by atoms with E-state index < -0.39 is 5.97 Å². The van der Waals surface area contributed by atoms with Crippen LogP contribution >= 0.6 is 0 Å². The lowest BCUT2D eigenvalue weighted by Gasteiger charge is -2.10. The Morgan fingerprint density at radius 1 is 1.04 bits per heavy atom. The van der Waals surface area contributed by atoms with Crippen LogP contribution in [0.3, 0.4) is 0 Å². The molecular weight excluding hydrogens is 310 g/mol. The fourth-order valence-corrected chi connectivity index (χ4v) is 2.25. The van der Waals surface area contributed by atoms with Crippen LogP contribution in [0.5, 0.6) is 11.5 Å². The molecule has 2 aromatic rings. The number of carboxylic acid groups (broad SMARTS) is 1. The predicted molar refractivity (Wildman–Crippen MR) is 89.9 cm³/mol. The predicted octanol–water partition coefficient (Wildman–Crippen LogP) is 2.97. The van der Waals surface area contributed by atoms with Crippen LogP contribution in [-0.4, -0.2) is 31.2 Å². The Labute approximate surface area is 140 Å². The van der Waals surface area contributed by atoms with E-state index in [1.807, 2.05) is 6.07 Å². The van der Waals surface area contributed by atoms with Gasteiger partial charge in [-0.25, -0.2) is 4.79 Å². The molecule has 2 N–H and O–H groups in total. The lowest BCUT2D eigenvalue weighted by Crippen LogP contribution is -2.12. The second kappa shape index (κ2) is 8.01.